The van der Waals surface area contributed by atoms with E-state index in [1.165, 1.54) is 6.07 Å². The maximum absolute atomic E-state index is 17.2. The SMILES string of the molecule is C#Cc1c(F)ccc2cc(N)cc(-c3nc4c5c(nc(OCC67CCCN6CCC7)nc5c3F)NC(CN(CCC)Cc3oc(=O)oc3C)CCC4)c12. The van der Waals surface area contributed by atoms with Gasteiger partial charge in [-0.3, -0.25) is 9.80 Å². The highest BCUT2D eigenvalue weighted by Crippen LogP contribution is 2.41. The molecule has 6 heterocycles. The molecule has 11 nitrogen and oxygen atoms in total. The minimum atomic E-state index is -0.718. The third-order valence-corrected chi connectivity index (χ3v) is 11.1. The van der Waals surface area contributed by atoms with Crippen LogP contribution in [0.2, 0.25) is 0 Å². The predicted octanol–water partition coefficient (Wildman–Crippen LogP) is 6.58. The summed E-state index contributed by atoms with van der Waals surface area (Å²) in [5, 5.41) is 5.03. The molecule has 0 spiro atoms. The van der Waals surface area contributed by atoms with E-state index in [2.05, 4.69) is 28.0 Å². The highest BCUT2D eigenvalue weighted by Gasteiger charge is 2.45. The van der Waals surface area contributed by atoms with E-state index in [0.29, 0.717) is 76.6 Å². The van der Waals surface area contributed by atoms with Crippen molar-refractivity contribution < 1.29 is 22.4 Å². The highest BCUT2D eigenvalue weighted by atomic mass is 19.1. The lowest BCUT2D eigenvalue weighted by molar-refractivity contribution is 0.108. The molecule has 5 aromatic rings. The number of nitrogens with zero attached hydrogens (tertiary/aromatic N) is 5. The minimum Gasteiger partial charge on any atom is -0.461 e. The molecule has 1 atom stereocenters. The number of nitrogens with one attached hydrogen (secondary N) is 1. The summed E-state index contributed by atoms with van der Waals surface area (Å²) in [4.78, 5) is 31.0. The second-order valence-corrected chi connectivity index (χ2v) is 14.6. The number of terminal acetylenes is 1. The van der Waals surface area contributed by atoms with Gasteiger partial charge >= 0.3 is 11.8 Å². The number of nitrogens with two attached hydrogens (primary N) is 1. The maximum Gasteiger partial charge on any atom is 0.519 e. The molecule has 13 heteroatoms. The van der Waals surface area contributed by atoms with Crippen LogP contribution in [0.5, 0.6) is 6.01 Å². The van der Waals surface area contributed by atoms with Crippen molar-refractivity contribution in [2.45, 2.75) is 83.3 Å². The number of halogens is 2. The molecule has 1 unspecified atom stereocenters. The lowest BCUT2D eigenvalue weighted by Gasteiger charge is -2.32. The van der Waals surface area contributed by atoms with E-state index in [-0.39, 0.29) is 34.4 Å². The van der Waals surface area contributed by atoms with E-state index in [0.717, 1.165) is 64.6 Å². The van der Waals surface area contributed by atoms with Crippen molar-refractivity contribution in [3.05, 3.63) is 69.3 Å². The normalized spacial score (nSPS) is 18.2. The zero-order chi connectivity index (χ0) is 36.9. The van der Waals surface area contributed by atoms with Crippen LogP contribution < -0.4 is 21.6 Å². The van der Waals surface area contributed by atoms with Gasteiger partial charge in [0.25, 0.3) is 0 Å². The molecule has 53 heavy (non-hydrogen) atoms. The van der Waals surface area contributed by atoms with Gasteiger partial charge in [-0.15, -0.1) is 6.42 Å². The van der Waals surface area contributed by atoms with Gasteiger partial charge in [0, 0.05) is 29.2 Å². The fraction of sp³-hybridized carbons (Fsp3) is 0.450. The first-order valence-electron chi connectivity index (χ1n) is 18.5. The minimum absolute atomic E-state index is 0.0110. The van der Waals surface area contributed by atoms with Crippen molar-refractivity contribution in [2.75, 3.05) is 43.8 Å². The van der Waals surface area contributed by atoms with Crippen LogP contribution >= 0.6 is 0 Å². The third kappa shape index (κ3) is 6.48. The summed E-state index contributed by atoms with van der Waals surface area (Å²) in [6.07, 6.45) is 12.9. The summed E-state index contributed by atoms with van der Waals surface area (Å²) >= 11 is 0. The van der Waals surface area contributed by atoms with Crippen molar-refractivity contribution in [3.63, 3.8) is 0 Å². The summed E-state index contributed by atoms with van der Waals surface area (Å²) in [7, 11) is 0. The van der Waals surface area contributed by atoms with Gasteiger partial charge in [0.1, 0.15) is 35.2 Å². The average Bonchev–Trinajstić information content (AvgIpc) is 3.80. The molecule has 0 bridgehead atoms. The average molecular weight is 724 g/mol. The zero-order valence-electron chi connectivity index (χ0n) is 30.1. The molecule has 3 aliphatic heterocycles. The summed E-state index contributed by atoms with van der Waals surface area (Å²) in [6.45, 7) is 8.04. The van der Waals surface area contributed by atoms with E-state index in [4.69, 9.17) is 40.7 Å². The molecular weight excluding hydrogens is 680 g/mol. The number of anilines is 2. The van der Waals surface area contributed by atoms with Crippen LogP contribution in [0.4, 0.5) is 20.3 Å². The predicted molar refractivity (Wildman–Crippen MR) is 199 cm³/mol. The molecule has 0 amide bonds. The summed E-state index contributed by atoms with van der Waals surface area (Å²) in [5.74, 6) is 1.83. The first kappa shape index (κ1) is 35.0. The van der Waals surface area contributed by atoms with Crippen molar-refractivity contribution in [2.24, 2.45) is 0 Å². The Bertz CT molecular complexity index is 2310. The molecule has 0 aliphatic carbocycles. The number of ether oxygens (including phenoxy) is 1. The van der Waals surface area contributed by atoms with Crippen LogP contribution in [0.25, 0.3) is 32.9 Å². The van der Waals surface area contributed by atoms with Gasteiger partial charge in [0.2, 0.25) is 0 Å². The fourth-order valence-corrected chi connectivity index (χ4v) is 8.71. The maximum atomic E-state index is 17.2. The van der Waals surface area contributed by atoms with E-state index >= 15 is 8.78 Å². The number of nitrogen functional groups attached to an aromatic ring is 1. The molecule has 0 saturated carbocycles. The number of hydrogen-bond acceptors (Lipinski definition) is 11. The zero-order valence-corrected chi connectivity index (χ0v) is 30.1. The molecule has 8 rings (SSSR count). The van der Waals surface area contributed by atoms with Gasteiger partial charge in [0.05, 0.1) is 28.7 Å². The van der Waals surface area contributed by atoms with Crippen LogP contribution in [0.3, 0.4) is 0 Å². The molecule has 2 saturated heterocycles. The number of rotatable bonds is 10. The first-order valence-corrected chi connectivity index (χ1v) is 18.5. The summed E-state index contributed by atoms with van der Waals surface area (Å²) in [6, 6.07) is 6.12. The Kier molecular flexibility index (Phi) is 9.28. The Hall–Kier alpha value is -5.06. The lowest BCUT2D eigenvalue weighted by Crippen LogP contribution is -2.43. The van der Waals surface area contributed by atoms with Gasteiger partial charge in [-0.05, 0) is 102 Å². The molecule has 0 radical (unpaired) electrons. The largest absolute Gasteiger partial charge is 0.519 e. The standard InChI is InChI=1S/C40H43F2N7O4/c1-4-15-48(21-31-23(3)52-39(50)53-31)20-26-9-6-10-30-33-36(46-38(47-37(33)44-26)51-22-40-13-7-16-49(40)17-8-14-40)34(42)35(45-30)28-19-25(43)18-24-11-12-29(41)27(5-2)32(24)28/h2,11-12,18-19,26H,4,6-10,13-17,20-22,43H2,1,3H3,(H,44,46,47). The van der Waals surface area contributed by atoms with Gasteiger partial charge in [-0.1, -0.05) is 18.9 Å². The smallest absolute Gasteiger partial charge is 0.461 e. The fourth-order valence-electron chi connectivity index (χ4n) is 8.71. The second-order valence-electron chi connectivity index (χ2n) is 14.6. The highest BCUT2D eigenvalue weighted by molar-refractivity contribution is 6.04. The van der Waals surface area contributed by atoms with E-state index in [1.807, 2.05) is 0 Å². The van der Waals surface area contributed by atoms with Crippen molar-refractivity contribution in [1.82, 2.24) is 24.8 Å². The quantitative estimate of drug-likeness (QED) is 0.120. The molecule has 3 N–H and O–H groups in total. The molecular formula is C40H43F2N7O4. The first-order chi connectivity index (χ1) is 25.7. The summed E-state index contributed by atoms with van der Waals surface area (Å²) in [5.41, 5.74) is 7.56. The molecule has 3 aliphatic rings. The summed E-state index contributed by atoms with van der Waals surface area (Å²) < 4.78 is 49.2. The number of fused-ring (bicyclic) bond motifs is 2. The molecule has 2 fully saturated rings. The Morgan fingerprint density at radius 2 is 1.94 bits per heavy atom. The Labute approximate surface area is 305 Å². The van der Waals surface area contributed by atoms with E-state index in [1.54, 1.807) is 25.1 Å². The number of benzene rings is 2. The van der Waals surface area contributed by atoms with Crippen molar-refractivity contribution in [1.29, 1.82) is 0 Å². The number of pyridine rings is 1. The number of hydrogen-bond donors (Lipinski definition) is 2. The van der Waals surface area contributed by atoms with Gasteiger partial charge in [-0.2, -0.15) is 9.97 Å². The van der Waals surface area contributed by atoms with Crippen molar-refractivity contribution >= 4 is 33.2 Å². The topological polar surface area (TPSA) is 136 Å². The Balaban J connectivity index is 1.24. The second kappa shape index (κ2) is 14.1. The van der Waals surface area contributed by atoms with E-state index < -0.39 is 17.5 Å². The van der Waals surface area contributed by atoms with Crippen LogP contribution in [-0.4, -0.2) is 69.1 Å². The number of aromatic nitrogens is 3. The molecule has 3 aromatic heterocycles. The van der Waals surface area contributed by atoms with Crippen LogP contribution in [0.15, 0.2) is 37.9 Å². The Morgan fingerprint density at radius 1 is 1.13 bits per heavy atom. The van der Waals surface area contributed by atoms with E-state index in [9.17, 15) is 4.79 Å². The molecule has 276 valence electrons. The Morgan fingerprint density at radius 3 is 2.68 bits per heavy atom. The monoisotopic (exact) mass is 723 g/mol. The number of aryl methyl sites for hydroxylation is 2. The van der Waals surface area contributed by atoms with Crippen LogP contribution in [0, 0.1) is 30.9 Å². The van der Waals surface area contributed by atoms with Gasteiger partial charge in [0.15, 0.2) is 11.6 Å². The third-order valence-electron chi connectivity index (χ3n) is 11.1. The van der Waals surface area contributed by atoms with Gasteiger partial charge < -0.3 is 24.6 Å². The van der Waals surface area contributed by atoms with Crippen LogP contribution in [0.1, 0.15) is 74.6 Å². The van der Waals surface area contributed by atoms with Gasteiger partial charge in [-0.25, -0.2) is 18.6 Å². The van der Waals surface area contributed by atoms with Crippen LogP contribution in [-0.2, 0) is 13.0 Å². The molecule has 2 aromatic carbocycles. The lowest BCUT2D eigenvalue weighted by atomic mass is 9.94. The van der Waals surface area contributed by atoms with Crippen molar-refractivity contribution in [3.8, 4) is 29.6 Å².